The van der Waals surface area contributed by atoms with E-state index in [1.165, 1.54) is 0 Å². The van der Waals surface area contributed by atoms with E-state index >= 15 is 0 Å². The summed E-state index contributed by atoms with van der Waals surface area (Å²) in [6, 6.07) is 6.23. The van der Waals surface area contributed by atoms with Gasteiger partial charge in [-0.05, 0) is 127 Å². The summed E-state index contributed by atoms with van der Waals surface area (Å²) in [6.45, 7) is 27.2. The van der Waals surface area contributed by atoms with E-state index < -0.39 is 11.9 Å². The third-order valence-corrected chi connectivity index (χ3v) is 5.48. The van der Waals surface area contributed by atoms with Crippen molar-refractivity contribution < 1.29 is 52.3 Å². The molecule has 0 aromatic heterocycles. The lowest BCUT2D eigenvalue weighted by molar-refractivity contribution is -0.147. The molecule has 0 radical (unpaired) electrons. The van der Waals surface area contributed by atoms with Gasteiger partial charge in [-0.15, -0.1) is 0 Å². The van der Waals surface area contributed by atoms with E-state index in [1.54, 1.807) is 52.0 Å². The maximum Gasteiger partial charge on any atom is 0.338 e. The van der Waals surface area contributed by atoms with Crippen LogP contribution in [0.1, 0.15) is 150 Å². The molecular formula is C39H70O11. The van der Waals surface area contributed by atoms with Gasteiger partial charge in [0.2, 0.25) is 0 Å². The number of hydrogen-bond acceptors (Lipinski definition) is 11. The zero-order valence-corrected chi connectivity index (χ0v) is 32.6. The molecule has 0 fully saturated rings. The van der Waals surface area contributed by atoms with Crippen LogP contribution in [-0.2, 0) is 42.7 Å². The molecule has 0 bridgehead atoms. The van der Waals surface area contributed by atoms with Crippen LogP contribution in [0.5, 0.6) is 0 Å². The summed E-state index contributed by atoms with van der Waals surface area (Å²) < 4.78 is 36.2. The van der Waals surface area contributed by atoms with E-state index in [0.29, 0.717) is 50.4 Å². The fraction of sp³-hybridized carbons (Fsp3) is 0.744. The Labute approximate surface area is 303 Å². The summed E-state index contributed by atoms with van der Waals surface area (Å²) in [5.41, 5.74) is 0.771. The monoisotopic (exact) mass is 714 g/mol. The van der Waals surface area contributed by atoms with Gasteiger partial charge in [-0.2, -0.15) is 0 Å². The van der Waals surface area contributed by atoms with Crippen LogP contribution in [0.15, 0.2) is 24.3 Å². The molecule has 0 aliphatic carbocycles. The fourth-order valence-corrected chi connectivity index (χ4v) is 3.52. The molecule has 0 atom stereocenters. The number of benzene rings is 1. The molecule has 11 nitrogen and oxygen atoms in total. The lowest BCUT2D eigenvalue weighted by Crippen LogP contribution is -2.22. The number of carbonyl (C=O) groups is 4. The van der Waals surface area contributed by atoms with E-state index in [2.05, 4.69) is 0 Å². The SMILES string of the molecule is C.CC(C)OC(=O)CCCCCC(=O)OC(C)C.CC(C)OC(=O)c1ccc(C(=O)OC(C)C)cc1.CC(C)OCCOCCOC(C)(C)C. The number of rotatable bonds is 19. The smallest absolute Gasteiger partial charge is 0.338 e. The molecule has 0 saturated heterocycles. The normalized spacial score (nSPS) is 10.9. The second-order valence-electron chi connectivity index (χ2n) is 13.6. The summed E-state index contributed by atoms with van der Waals surface area (Å²) in [7, 11) is 0. The highest BCUT2D eigenvalue weighted by Gasteiger charge is 2.13. The molecule has 0 saturated carbocycles. The molecule has 0 N–H and O–H groups in total. The van der Waals surface area contributed by atoms with Gasteiger partial charge in [-0.25, -0.2) is 9.59 Å². The average molecular weight is 715 g/mol. The minimum atomic E-state index is -0.395. The van der Waals surface area contributed by atoms with E-state index in [1.807, 2.05) is 62.3 Å². The first-order valence-electron chi connectivity index (χ1n) is 17.5. The van der Waals surface area contributed by atoms with Crippen LogP contribution in [0.25, 0.3) is 0 Å². The largest absolute Gasteiger partial charge is 0.463 e. The first kappa shape index (κ1) is 51.4. The Morgan fingerprint density at radius 2 is 0.880 bits per heavy atom. The zero-order chi connectivity index (χ0) is 38.0. The zero-order valence-electron chi connectivity index (χ0n) is 32.6. The number of hydrogen-bond donors (Lipinski definition) is 0. The van der Waals surface area contributed by atoms with Crippen LogP contribution < -0.4 is 0 Å². The molecular weight excluding hydrogens is 644 g/mol. The van der Waals surface area contributed by atoms with Gasteiger partial charge in [-0.3, -0.25) is 9.59 Å². The van der Waals surface area contributed by atoms with Crippen molar-refractivity contribution in [2.24, 2.45) is 0 Å². The molecule has 1 aromatic rings. The van der Waals surface area contributed by atoms with Crippen molar-refractivity contribution in [1.82, 2.24) is 0 Å². The van der Waals surface area contributed by atoms with Gasteiger partial charge in [0.05, 0.1) is 73.7 Å². The Balaban J connectivity index is -0.000000662. The molecule has 1 rings (SSSR count). The minimum Gasteiger partial charge on any atom is -0.463 e. The Morgan fingerprint density at radius 3 is 1.20 bits per heavy atom. The van der Waals surface area contributed by atoms with Gasteiger partial charge in [0.1, 0.15) is 0 Å². The van der Waals surface area contributed by atoms with Gasteiger partial charge in [-0.1, -0.05) is 13.8 Å². The van der Waals surface area contributed by atoms with E-state index in [-0.39, 0.29) is 55.5 Å². The molecule has 11 heteroatoms. The molecule has 0 unspecified atom stereocenters. The summed E-state index contributed by atoms with van der Waals surface area (Å²) in [6.07, 6.45) is 3.08. The molecule has 0 amide bonds. The second-order valence-corrected chi connectivity index (χ2v) is 13.6. The number of ether oxygens (including phenoxy) is 7. The Morgan fingerprint density at radius 1 is 0.520 bits per heavy atom. The summed E-state index contributed by atoms with van der Waals surface area (Å²) in [4.78, 5) is 45.5. The van der Waals surface area contributed by atoms with Gasteiger partial charge in [0.15, 0.2) is 0 Å². The van der Waals surface area contributed by atoms with E-state index in [9.17, 15) is 19.2 Å². The van der Waals surface area contributed by atoms with Gasteiger partial charge < -0.3 is 33.2 Å². The maximum atomic E-state index is 11.6. The molecule has 1 aromatic carbocycles. The Hall–Kier alpha value is -3.02. The maximum absolute atomic E-state index is 11.6. The predicted octanol–water partition coefficient (Wildman–Crippen LogP) is 8.54. The minimum absolute atomic E-state index is 0. The van der Waals surface area contributed by atoms with Crippen molar-refractivity contribution in [3.05, 3.63) is 35.4 Å². The van der Waals surface area contributed by atoms with Gasteiger partial charge in [0.25, 0.3) is 0 Å². The summed E-state index contributed by atoms with van der Waals surface area (Å²) in [5, 5.41) is 0. The van der Waals surface area contributed by atoms with Crippen LogP contribution in [-0.4, -0.2) is 86.4 Å². The third-order valence-electron chi connectivity index (χ3n) is 5.48. The molecule has 0 aliphatic rings. The van der Waals surface area contributed by atoms with Crippen LogP contribution in [0.4, 0.5) is 0 Å². The third kappa shape index (κ3) is 34.8. The number of carbonyl (C=O) groups excluding carboxylic acids is 4. The first-order chi connectivity index (χ1) is 22.7. The first-order valence-corrected chi connectivity index (χ1v) is 17.5. The van der Waals surface area contributed by atoms with Crippen LogP contribution in [0, 0.1) is 0 Å². The fourth-order valence-electron chi connectivity index (χ4n) is 3.52. The lowest BCUT2D eigenvalue weighted by atomic mass is 10.1. The summed E-state index contributed by atoms with van der Waals surface area (Å²) >= 11 is 0. The van der Waals surface area contributed by atoms with E-state index in [4.69, 9.17) is 33.2 Å². The van der Waals surface area contributed by atoms with Crippen LogP contribution in [0.2, 0.25) is 0 Å². The van der Waals surface area contributed by atoms with Crippen LogP contribution in [0.3, 0.4) is 0 Å². The van der Waals surface area contributed by atoms with Crippen molar-refractivity contribution in [3.63, 3.8) is 0 Å². The second kappa shape index (κ2) is 29.7. The van der Waals surface area contributed by atoms with Crippen molar-refractivity contribution >= 4 is 23.9 Å². The highest BCUT2D eigenvalue weighted by molar-refractivity contribution is 5.93. The molecule has 0 aliphatic heterocycles. The topological polar surface area (TPSA) is 133 Å². The summed E-state index contributed by atoms with van der Waals surface area (Å²) in [5.74, 6) is -1.11. The Bertz CT molecular complexity index is 958. The van der Waals surface area contributed by atoms with Gasteiger partial charge in [0, 0.05) is 12.8 Å². The van der Waals surface area contributed by atoms with Gasteiger partial charge >= 0.3 is 23.9 Å². The number of esters is 4. The quantitative estimate of drug-likeness (QED) is 0.0776. The molecule has 0 spiro atoms. The molecule has 292 valence electrons. The van der Waals surface area contributed by atoms with Crippen molar-refractivity contribution in [3.8, 4) is 0 Å². The van der Waals surface area contributed by atoms with Crippen LogP contribution >= 0.6 is 0 Å². The Kier molecular flexibility index (Phi) is 30.5. The number of unbranched alkanes of at least 4 members (excludes halogenated alkanes) is 2. The van der Waals surface area contributed by atoms with Crippen molar-refractivity contribution in [2.45, 2.75) is 166 Å². The lowest BCUT2D eigenvalue weighted by Gasteiger charge is -2.19. The van der Waals surface area contributed by atoms with E-state index in [0.717, 1.165) is 19.3 Å². The van der Waals surface area contributed by atoms with Crippen molar-refractivity contribution in [2.75, 3.05) is 26.4 Å². The predicted molar refractivity (Wildman–Crippen MR) is 197 cm³/mol. The average Bonchev–Trinajstić information content (AvgIpc) is 2.95. The molecule has 0 heterocycles. The molecule has 50 heavy (non-hydrogen) atoms. The van der Waals surface area contributed by atoms with Crippen molar-refractivity contribution in [1.29, 1.82) is 0 Å². The highest BCUT2D eigenvalue weighted by Crippen LogP contribution is 2.10. The standard InChI is InChI=1S/C14H18O4.C13H24O4.C11H24O3.CH4/c1-9(2)17-13(15)11-5-7-12(8-6-11)14(16)18-10(3)4;1-10(2)16-12(14)8-6-5-7-9-13(15)17-11(3)4;1-10(2)13-8-6-12-7-9-14-11(3,4)5;/h5-10H,1-4H3;10-11H,5-9H2,1-4H3;10H,6-9H2,1-5H3;1H4. The highest BCUT2D eigenvalue weighted by atomic mass is 16.6.